The molecule has 1 atom stereocenters. The van der Waals surface area contributed by atoms with Crippen molar-refractivity contribution in [2.75, 3.05) is 20.3 Å². The number of hydrogen-bond acceptors (Lipinski definition) is 3. The van der Waals surface area contributed by atoms with Gasteiger partial charge in [-0.1, -0.05) is 30.3 Å². The van der Waals surface area contributed by atoms with Crippen LogP contribution in [-0.4, -0.2) is 31.2 Å². The highest BCUT2D eigenvalue weighted by molar-refractivity contribution is 6.00. The molecular weight excluding hydrogens is 192 g/mol. The first-order valence-corrected chi connectivity index (χ1v) is 4.84. The Kier molecular flexibility index (Phi) is 4.00. The van der Waals surface area contributed by atoms with E-state index in [0.29, 0.717) is 5.56 Å². The number of aliphatic hydroxyl groups is 1. The Morgan fingerprint density at radius 1 is 1.40 bits per heavy atom. The molecule has 1 N–H and O–H groups in total. The number of rotatable bonds is 5. The van der Waals surface area contributed by atoms with Gasteiger partial charge in [0.05, 0.1) is 18.6 Å². The average Bonchev–Trinajstić information content (AvgIpc) is 2.29. The Bertz CT molecular complexity index is 321. The molecule has 1 rings (SSSR count). The van der Waals surface area contributed by atoms with Gasteiger partial charge in [-0.25, -0.2) is 0 Å². The van der Waals surface area contributed by atoms with Gasteiger partial charge in [-0.05, 0) is 6.92 Å². The summed E-state index contributed by atoms with van der Waals surface area (Å²) < 4.78 is 4.96. The van der Waals surface area contributed by atoms with E-state index in [-0.39, 0.29) is 19.0 Å². The van der Waals surface area contributed by atoms with Gasteiger partial charge in [0.2, 0.25) is 0 Å². The number of hydrogen-bond donors (Lipinski definition) is 1. The molecule has 0 radical (unpaired) electrons. The van der Waals surface area contributed by atoms with E-state index in [0.717, 1.165) is 0 Å². The van der Waals surface area contributed by atoms with Crippen LogP contribution in [-0.2, 0) is 4.74 Å². The molecule has 0 fully saturated rings. The monoisotopic (exact) mass is 208 g/mol. The minimum Gasteiger partial charge on any atom is -0.395 e. The summed E-state index contributed by atoms with van der Waals surface area (Å²) in [5.41, 5.74) is -0.248. The maximum atomic E-state index is 12.0. The first kappa shape index (κ1) is 11.9. The van der Waals surface area contributed by atoms with Gasteiger partial charge < -0.3 is 9.84 Å². The largest absolute Gasteiger partial charge is 0.395 e. The molecule has 0 saturated heterocycles. The van der Waals surface area contributed by atoms with Crippen molar-refractivity contribution in [3.8, 4) is 0 Å². The van der Waals surface area contributed by atoms with Crippen molar-refractivity contribution in [3.05, 3.63) is 35.9 Å². The summed E-state index contributed by atoms with van der Waals surface area (Å²) in [5.74, 6) is -0.0903. The quantitative estimate of drug-likeness (QED) is 0.746. The lowest BCUT2D eigenvalue weighted by atomic mass is 9.84. The highest BCUT2D eigenvalue weighted by Crippen LogP contribution is 2.22. The molecule has 1 aromatic rings. The molecule has 0 aliphatic carbocycles. The van der Waals surface area contributed by atoms with Crippen LogP contribution in [0.5, 0.6) is 0 Å². The third-order valence-electron chi connectivity index (χ3n) is 2.40. The third kappa shape index (κ3) is 2.64. The second-order valence-corrected chi connectivity index (χ2v) is 3.85. The zero-order valence-corrected chi connectivity index (χ0v) is 9.06. The fourth-order valence-corrected chi connectivity index (χ4v) is 1.44. The van der Waals surface area contributed by atoms with Crippen molar-refractivity contribution < 1.29 is 14.6 Å². The van der Waals surface area contributed by atoms with Gasteiger partial charge in [-0.3, -0.25) is 4.79 Å². The van der Waals surface area contributed by atoms with E-state index in [1.165, 1.54) is 7.11 Å². The molecule has 0 amide bonds. The van der Waals surface area contributed by atoms with Crippen LogP contribution in [0.2, 0.25) is 0 Å². The van der Waals surface area contributed by atoms with E-state index in [1.54, 1.807) is 31.2 Å². The molecule has 0 heterocycles. The van der Waals surface area contributed by atoms with Crippen molar-refractivity contribution >= 4 is 5.78 Å². The van der Waals surface area contributed by atoms with Crippen LogP contribution in [0, 0.1) is 5.41 Å². The van der Waals surface area contributed by atoms with Gasteiger partial charge in [0, 0.05) is 12.7 Å². The van der Waals surface area contributed by atoms with E-state index in [9.17, 15) is 9.90 Å². The molecular formula is C12H16O3. The summed E-state index contributed by atoms with van der Waals surface area (Å²) in [5, 5.41) is 9.25. The van der Waals surface area contributed by atoms with Crippen molar-refractivity contribution in [1.29, 1.82) is 0 Å². The predicted octanol–water partition coefficient (Wildman–Crippen LogP) is 1.51. The summed E-state index contributed by atoms with van der Waals surface area (Å²) in [7, 11) is 1.52. The molecule has 15 heavy (non-hydrogen) atoms. The maximum absolute atomic E-state index is 12.0. The molecule has 0 aromatic heterocycles. The smallest absolute Gasteiger partial charge is 0.173 e. The van der Waals surface area contributed by atoms with Crippen LogP contribution < -0.4 is 0 Å². The number of Topliss-reactive ketones (excluding diaryl/α,β-unsaturated/α-hetero) is 1. The minimum absolute atomic E-state index is 0.0903. The van der Waals surface area contributed by atoms with Crippen LogP contribution in [0.3, 0.4) is 0 Å². The summed E-state index contributed by atoms with van der Waals surface area (Å²) in [6.07, 6.45) is 0. The van der Waals surface area contributed by atoms with Gasteiger partial charge in [0.25, 0.3) is 0 Å². The zero-order valence-electron chi connectivity index (χ0n) is 9.06. The van der Waals surface area contributed by atoms with Crippen LogP contribution in [0.25, 0.3) is 0 Å². The van der Waals surface area contributed by atoms with Crippen molar-refractivity contribution in [2.45, 2.75) is 6.92 Å². The van der Waals surface area contributed by atoms with Crippen LogP contribution >= 0.6 is 0 Å². The lowest BCUT2D eigenvalue weighted by Crippen LogP contribution is -2.36. The third-order valence-corrected chi connectivity index (χ3v) is 2.40. The van der Waals surface area contributed by atoms with E-state index < -0.39 is 5.41 Å². The van der Waals surface area contributed by atoms with Crippen molar-refractivity contribution in [1.82, 2.24) is 0 Å². The molecule has 1 aromatic carbocycles. The summed E-state index contributed by atoms with van der Waals surface area (Å²) >= 11 is 0. The van der Waals surface area contributed by atoms with Gasteiger partial charge >= 0.3 is 0 Å². The van der Waals surface area contributed by atoms with Gasteiger partial charge in [0.1, 0.15) is 0 Å². The molecule has 1 unspecified atom stereocenters. The van der Waals surface area contributed by atoms with E-state index >= 15 is 0 Å². The summed E-state index contributed by atoms with van der Waals surface area (Å²) in [6, 6.07) is 8.94. The molecule has 3 nitrogen and oxygen atoms in total. The number of carbonyl (C=O) groups excluding carboxylic acids is 1. The Balaban J connectivity index is 2.92. The number of ether oxygens (including phenoxy) is 1. The second-order valence-electron chi connectivity index (χ2n) is 3.85. The molecule has 0 aliphatic heterocycles. The molecule has 82 valence electrons. The van der Waals surface area contributed by atoms with E-state index in [1.807, 2.05) is 6.07 Å². The molecule has 0 saturated carbocycles. The average molecular weight is 208 g/mol. The molecule has 0 spiro atoms. The minimum atomic E-state index is -0.851. The summed E-state index contributed by atoms with van der Waals surface area (Å²) in [4.78, 5) is 12.0. The fraction of sp³-hybridized carbons (Fsp3) is 0.417. The molecule has 3 heteroatoms. The highest BCUT2D eigenvalue weighted by atomic mass is 16.5. The number of methoxy groups -OCH3 is 1. The van der Waals surface area contributed by atoms with Crippen molar-refractivity contribution in [2.24, 2.45) is 5.41 Å². The zero-order chi connectivity index (χ0) is 11.3. The molecule has 0 aliphatic rings. The normalized spacial score (nSPS) is 14.6. The standard InChI is InChI=1S/C12H16O3/c1-12(8-13,9-15-2)11(14)10-6-4-3-5-7-10/h3-7,13H,8-9H2,1-2H3. The van der Waals surface area contributed by atoms with E-state index in [4.69, 9.17) is 4.74 Å². The van der Waals surface area contributed by atoms with E-state index in [2.05, 4.69) is 0 Å². The lowest BCUT2D eigenvalue weighted by molar-refractivity contribution is 0.0353. The van der Waals surface area contributed by atoms with Crippen LogP contribution in [0.4, 0.5) is 0 Å². The maximum Gasteiger partial charge on any atom is 0.173 e. The molecule has 0 bridgehead atoms. The van der Waals surface area contributed by atoms with Gasteiger partial charge in [-0.15, -0.1) is 0 Å². The van der Waals surface area contributed by atoms with Crippen LogP contribution in [0.15, 0.2) is 30.3 Å². The second kappa shape index (κ2) is 5.05. The topological polar surface area (TPSA) is 46.5 Å². The Hall–Kier alpha value is -1.19. The predicted molar refractivity (Wildman–Crippen MR) is 57.8 cm³/mol. The Morgan fingerprint density at radius 2 is 2.00 bits per heavy atom. The summed E-state index contributed by atoms with van der Waals surface area (Å²) in [6.45, 7) is 1.71. The lowest BCUT2D eigenvalue weighted by Gasteiger charge is -2.24. The Labute approximate surface area is 89.7 Å². The van der Waals surface area contributed by atoms with Gasteiger partial charge in [-0.2, -0.15) is 0 Å². The number of aliphatic hydroxyl groups excluding tert-OH is 1. The number of ketones is 1. The first-order valence-electron chi connectivity index (χ1n) is 4.84. The Morgan fingerprint density at radius 3 is 2.47 bits per heavy atom. The fourth-order valence-electron chi connectivity index (χ4n) is 1.44. The van der Waals surface area contributed by atoms with Crippen LogP contribution in [0.1, 0.15) is 17.3 Å². The highest BCUT2D eigenvalue weighted by Gasteiger charge is 2.33. The van der Waals surface area contributed by atoms with Crippen molar-refractivity contribution in [3.63, 3.8) is 0 Å². The SMILES string of the molecule is COCC(C)(CO)C(=O)c1ccccc1. The van der Waals surface area contributed by atoms with Gasteiger partial charge in [0.15, 0.2) is 5.78 Å². The number of carbonyl (C=O) groups is 1. The number of benzene rings is 1. The first-order chi connectivity index (χ1) is 7.14.